The van der Waals surface area contributed by atoms with Crippen LogP contribution in [0.2, 0.25) is 0 Å². The molecule has 2 amide bonds. The molecule has 0 unspecified atom stereocenters. The molecule has 2 N–H and O–H groups in total. The number of benzene rings is 1. The Morgan fingerprint density at radius 2 is 1.78 bits per heavy atom. The van der Waals surface area contributed by atoms with Gasteiger partial charge in [0.05, 0.1) is 6.42 Å². The number of rotatable bonds is 5. The minimum Gasteiger partial charge on any atom is -0.352 e. The zero-order valence-corrected chi connectivity index (χ0v) is 17.2. The van der Waals surface area contributed by atoms with E-state index in [2.05, 4.69) is 31.8 Å². The molecule has 0 atom stereocenters. The lowest BCUT2D eigenvalue weighted by Gasteiger charge is -2.54. The van der Waals surface area contributed by atoms with Crippen molar-refractivity contribution in [3.63, 3.8) is 0 Å². The van der Waals surface area contributed by atoms with Crippen LogP contribution in [0.25, 0.3) is 0 Å². The Kier molecular flexibility index (Phi) is 5.35. The molecule has 144 valence electrons. The predicted octanol–water partition coefficient (Wildman–Crippen LogP) is 3.89. The molecule has 1 aromatic rings. The summed E-state index contributed by atoms with van der Waals surface area (Å²) in [6.07, 6.45) is 6.78. The van der Waals surface area contributed by atoms with Crippen LogP contribution in [-0.4, -0.2) is 23.6 Å². The van der Waals surface area contributed by atoms with Crippen molar-refractivity contribution in [3.8, 4) is 0 Å². The van der Waals surface area contributed by atoms with Crippen molar-refractivity contribution < 1.29 is 9.59 Å². The Labute approximate surface area is 168 Å². The molecule has 27 heavy (non-hydrogen) atoms. The summed E-state index contributed by atoms with van der Waals surface area (Å²) in [5.41, 5.74) is 3.67. The van der Waals surface area contributed by atoms with Gasteiger partial charge < -0.3 is 5.32 Å². The number of halogens is 1. The van der Waals surface area contributed by atoms with Crippen molar-refractivity contribution in [1.82, 2.24) is 10.7 Å². The van der Waals surface area contributed by atoms with Gasteiger partial charge in [0, 0.05) is 21.8 Å². The summed E-state index contributed by atoms with van der Waals surface area (Å²) in [6.45, 7) is 1.78. The first-order chi connectivity index (χ1) is 13.0. The first kappa shape index (κ1) is 18.7. The van der Waals surface area contributed by atoms with Gasteiger partial charge in [0.1, 0.15) is 0 Å². The number of nitrogens with one attached hydrogen (secondary N) is 2. The van der Waals surface area contributed by atoms with Crippen LogP contribution in [0.4, 0.5) is 0 Å². The molecule has 5 nitrogen and oxygen atoms in total. The molecular formula is C21H26BrN3O2. The van der Waals surface area contributed by atoms with E-state index >= 15 is 0 Å². The van der Waals surface area contributed by atoms with Gasteiger partial charge >= 0.3 is 0 Å². The second-order valence-corrected chi connectivity index (χ2v) is 9.41. The van der Waals surface area contributed by atoms with Gasteiger partial charge in [-0.3, -0.25) is 9.59 Å². The molecule has 0 heterocycles. The normalized spacial score (nSPS) is 31.6. The van der Waals surface area contributed by atoms with E-state index in [4.69, 9.17) is 0 Å². The van der Waals surface area contributed by atoms with Crippen LogP contribution in [0.1, 0.15) is 55.8 Å². The SMILES string of the molecule is C/C(CC(=O)NC1C2CC3CC(C2)CC1C3)=N/NC(=O)c1cccc(Br)c1. The standard InChI is InChI=1S/C21H26BrN3O2/c1-12(24-25-21(27)15-3-2-4-18(22)11-15)5-19(26)23-20-16-7-13-6-14(9-16)10-17(20)8-13/h2-4,11,13-14,16-17,20H,5-10H2,1H3,(H,23,26)(H,25,27)/b24-12-. The molecule has 4 bridgehead atoms. The average molecular weight is 432 g/mol. The largest absolute Gasteiger partial charge is 0.352 e. The van der Waals surface area contributed by atoms with Gasteiger partial charge in [-0.25, -0.2) is 5.43 Å². The highest BCUT2D eigenvalue weighted by molar-refractivity contribution is 9.10. The minimum absolute atomic E-state index is 0.0189. The maximum absolute atomic E-state index is 12.5. The second kappa shape index (κ2) is 7.74. The van der Waals surface area contributed by atoms with Crippen LogP contribution in [0.15, 0.2) is 33.8 Å². The maximum Gasteiger partial charge on any atom is 0.271 e. The van der Waals surface area contributed by atoms with Crippen LogP contribution in [0.3, 0.4) is 0 Å². The number of carbonyl (C=O) groups excluding carboxylic acids is 2. The van der Waals surface area contributed by atoms with Gasteiger partial charge in [0.15, 0.2) is 0 Å². The number of hydrogen-bond donors (Lipinski definition) is 2. The highest BCUT2D eigenvalue weighted by Gasteiger charge is 2.48. The Hall–Kier alpha value is -1.69. The van der Waals surface area contributed by atoms with Crippen molar-refractivity contribution in [2.24, 2.45) is 28.8 Å². The topological polar surface area (TPSA) is 70.6 Å². The highest BCUT2D eigenvalue weighted by Crippen LogP contribution is 2.53. The van der Waals surface area contributed by atoms with E-state index in [-0.39, 0.29) is 18.2 Å². The lowest BCUT2D eigenvalue weighted by molar-refractivity contribution is -0.123. The third kappa shape index (κ3) is 4.26. The third-order valence-corrected chi connectivity index (χ3v) is 6.90. The van der Waals surface area contributed by atoms with Crippen molar-refractivity contribution in [1.29, 1.82) is 0 Å². The number of amides is 2. The lowest BCUT2D eigenvalue weighted by Crippen LogP contribution is -2.56. The van der Waals surface area contributed by atoms with E-state index in [0.29, 0.717) is 29.2 Å². The number of carbonyl (C=O) groups is 2. The van der Waals surface area contributed by atoms with Gasteiger partial charge in [0.2, 0.25) is 5.91 Å². The van der Waals surface area contributed by atoms with E-state index < -0.39 is 0 Å². The van der Waals surface area contributed by atoms with Gasteiger partial charge in [-0.1, -0.05) is 22.0 Å². The van der Waals surface area contributed by atoms with E-state index in [1.165, 1.54) is 32.1 Å². The first-order valence-electron chi connectivity index (χ1n) is 9.86. The molecule has 5 rings (SSSR count). The molecule has 4 fully saturated rings. The van der Waals surface area contributed by atoms with Crippen LogP contribution >= 0.6 is 15.9 Å². The Morgan fingerprint density at radius 3 is 2.41 bits per heavy atom. The minimum atomic E-state index is -0.280. The van der Waals surface area contributed by atoms with Crippen molar-refractivity contribution in [2.75, 3.05) is 0 Å². The van der Waals surface area contributed by atoms with Gasteiger partial charge in [-0.2, -0.15) is 5.10 Å². The Balaban J connectivity index is 1.29. The van der Waals surface area contributed by atoms with Gasteiger partial charge in [-0.15, -0.1) is 0 Å². The molecule has 4 saturated carbocycles. The van der Waals surface area contributed by atoms with Crippen LogP contribution < -0.4 is 10.7 Å². The molecule has 1 aromatic carbocycles. The van der Waals surface area contributed by atoms with Gasteiger partial charge in [0.25, 0.3) is 5.91 Å². The fourth-order valence-electron chi connectivity index (χ4n) is 5.51. The zero-order valence-electron chi connectivity index (χ0n) is 15.6. The van der Waals surface area contributed by atoms with E-state index in [1.807, 2.05) is 6.07 Å². The molecule has 6 heteroatoms. The number of nitrogens with zero attached hydrogens (tertiary/aromatic N) is 1. The molecule has 0 radical (unpaired) electrons. The average Bonchev–Trinajstić information content (AvgIpc) is 2.62. The summed E-state index contributed by atoms with van der Waals surface area (Å²) in [5, 5.41) is 7.38. The third-order valence-electron chi connectivity index (χ3n) is 6.41. The number of hydrogen-bond acceptors (Lipinski definition) is 3. The monoisotopic (exact) mass is 431 g/mol. The van der Waals surface area contributed by atoms with Crippen LogP contribution in [0, 0.1) is 23.7 Å². The van der Waals surface area contributed by atoms with Gasteiger partial charge in [-0.05, 0) is 80.9 Å². The quantitative estimate of drug-likeness (QED) is 0.548. The fraction of sp³-hybridized carbons (Fsp3) is 0.571. The highest BCUT2D eigenvalue weighted by atomic mass is 79.9. The molecule has 0 aliphatic heterocycles. The molecule has 0 saturated heterocycles. The van der Waals surface area contributed by atoms with Crippen LogP contribution in [-0.2, 0) is 4.79 Å². The summed E-state index contributed by atoms with van der Waals surface area (Å²) < 4.78 is 0.839. The molecule has 4 aliphatic carbocycles. The molecular weight excluding hydrogens is 406 g/mol. The smallest absolute Gasteiger partial charge is 0.271 e. The van der Waals surface area contributed by atoms with Crippen molar-refractivity contribution >= 4 is 33.5 Å². The lowest BCUT2D eigenvalue weighted by atomic mass is 9.54. The second-order valence-electron chi connectivity index (χ2n) is 8.50. The summed E-state index contributed by atoms with van der Waals surface area (Å²) in [4.78, 5) is 24.6. The fourth-order valence-corrected chi connectivity index (χ4v) is 5.91. The summed E-state index contributed by atoms with van der Waals surface area (Å²) in [6, 6.07) is 7.46. The number of hydrazone groups is 1. The Bertz CT molecular complexity index is 748. The van der Waals surface area contributed by atoms with Crippen molar-refractivity contribution in [2.45, 2.75) is 51.5 Å². The van der Waals surface area contributed by atoms with E-state index in [9.17, 15) is 9.59 Å². The van der Waals surface area contributed by atoms with E-state index in [1.54, 1.807) is 25.1 Å². The predicted molar refractivity (Wildman–Crippen MR) is 108 cm³/mol. The first-order valence-corrected chi connectivity index (χ1v) is 10.7. The summed E-state index contributed by atoms with van der Waals surface area (Å²) in [7, 11) is 0. The molecule has 4 aliphatic rings. The summed E-state index contributed by atoms with van der Waals surface area (Å²) >= 11 is 3.35. The van der Waals surface area contributed by atoms with E-state index in [0.717, 1.165) is 16.3 Å². The summed E-state index contributed by atoms with van der Waals surface area (Å²) in [5.74, 6) is 2.87. The van der Waals surface area contributed by atoms with Crippen molar-refractivity contribution in [3.05, 3.63) is 34.3 Å². The maximum atomic E-state index is 12.5. The molecule has 0 aromatic heterocycles. The zero-order chi connectivity index (χ0) is 19.0. The Morgan fingerprint density at radius 1 is 1.11 bits per heavy atom. The van der Waals surface area contributed by atoms with Crippen LogP contribution in [0.5, 0.6) is 0 Å². The molecule has 0 spiro atoms.